The summed E-state index contributed by atoms with van der Waals surface area (Å²) in [6.07, 6.45) is 0.867. The molecular weight excluding hydrogens is 356 g/mol. The molecule has 0 aliphatic carbocycles. The first kappa shape index (κ1) is 16.0. The van der Waals surface area contributed by atoms with Gasteiger partial charge in [-0.05, 0) is 42.6 Å². The summed E-state index contributed by atoms with van der Waals surface area (Å²) in [5.74, 6) is 0.237. The van der Waals surface area contributed by atoms with Gasteiger partial charge in [0.05, 0.1) is 12.1 Å². The SMILES string of the molecule is CCCN(CC(N)=O)c1nc(Cl)nc2c(C)c(Br)ccc12. The predicted octanol–water partition coefficient (Wildman–Crippen LogP) is 3.06. The summed E-state index contributed by atoms with van der Waals surface area (Å²) in [5.41, 5.74) is 7.08. The number of primary amides is 1. The van der Waals surface area contributed by atoms with Crippen LogP contribution in [0.25, 0.3) is 10.9 Å². The third-order valence-electron chi connectivity index (χ3n) is 3.15. The lowest BCUT2D eigenvalue weighted by atomic mass is 10.1. The second-order valence-corrected chi connectivity index (χ2v) is 5.97. The van der Waals surface area contributed by atoms with Crippen molar-refractivity contribution in [2.75, 3.05) is 18.0 Å². The molecular formula is C14H16BrClN4O. The van der Waals surface area contributed by atoms with E-state index in [4.69, 9.17) is 17.3 Å². The number of nitrogens with two attached hydrogens (primary N) is 1. The molecule has 21 heavy (non-hydrogen) atoms. The third kappa shape index (κ3) is 3.44. The van der Waals surface area contributed by atoms with Gasteiger partial charge in [-0.25, -0.2) is 4.98 Å². The number of halogens is 2. The van der Waals surface area contributed by atoms with Crippen molar-refractivity contribution >= 4 is 50.2 Å². The van der Waals surface area contributed by atoms with Gasteiger partial charge in [-0.1, -0.05) is 22.9 Å². The van der Waals surface area contributed by atoms with Gasteiger partial charge in [0.1, 0.15) is 5.82 Å². The van der Waals surface area contributed by atoms with Crippen LogP contribution in [0.4, 0.5) is 5.82 Å². The van der Waals surface area contributed by atoms with Crippen LogP contribution in [0.2, 0.25) is 5.28 Å². The highest BCUT2D eigenvalue weighted by atomic mass is 79.9. The number of nitrogens with zero attached hydrogens (tertiary/aromatic N) is 3. The molecule has 1 aromatic heterocycles. The van der Waals surface area contributed by atoms with E-state index in [1.54, 1.807) is 0 Å². The van der Waals surface area contributed by atoms with Gasteiger partial charge < -0.3 is 10.6 Å². The normalized spacial score (nSPS) is 10.9. The molecule has 2 aromatic rings. The zero-order chi connectivity index (χ0) is 15.6. The van der Waals surface area contributed by atoms with Crippen LogP contribution in [0.15, 0.2) is 16.6 Å². The molecule has 0 spiro atoms. The first-order valence-corrected chi connectivity index (χ1v) is 7.76. The minimum Gasteiger partial charge on any atom is -0.368 e. The molecule has 2 rings (SSSR count). The van der Waals surface area contributed by atoms with E-state index >= 15 is 0 Å². The van der Waals surface area contributed by atoms with Gasteiger partial charge in [-0.3, -0.25) is 4.79 Å². The number of benzene rings is 1. The Balaban J connectivity index is 2.66. The number of hydrogen-bond donors (Lipinski definition) is 1. The number of hydrogen-bond acceptors (Lipinski definition) is 4. The van der Waals surface area contributed by atoms with Gasteiger partial charge in [0.15, 0.2) is 0 Å². The van der Waals surface area contributed by atoms with Crippen LogP contribution in [0.5, 0.6) is 0 Å². The molecule has 0 aliphatic heterocycles. The number of amides is 1. The molecule has 0 unspecified atom stereocenters. The Hall–Kier alpha value is -1.40. The minimum absolute atomic E-state index is 0.103. The van der Waals surface area contributed by atoms with Crippen LogP contribution >= 0.6 is 27.5 Å². The van der Waals surface area contributed by atoms with Crippen molar-refractivity contribution in [3.8, 4) is 0 Å². The lowest BCUT2D eigenvalue weighted by Crippen LogP contribution is -2.35. The highest BCUT2D eigenvalue weighted by molar-refractivity contribution is 9.10. The molecule has 0 fully saturated rings. The second kappa shape index (κ2) is 6.58. The zero-order valence-electron chi connectivity index (χ0n) is 11.9. The number of aryl methyl sites for hydroxylation is 1. The van der Waals surface area contributed by atoms with E-state index in [0.717, 1.165) is 27.4 Å². The topological polar surface area (TPSA) is 72.1 Å². The van der Waals surface area contributed by atoms with Gasteiger partial charge in [-0.15, -0.1) is 0 Å². The lowest BCUT2D eigenvalue weighted by molar-refractivity contribution is -0.116. The van der Waals surface area contributed by atoms with Crippen molar-refractivity contribution in [3.63, 3.8) is 0 Å². The molecule has 0 saturated carbocycles. The Morgan fingerprint density at radius 2 is 2.14 bits per heavy atom. The summed E-state index contributed by atoms with van der Waals surface area (Å²) in [5, 5.41) is 1.01. The molecule has 0 bridgehead atoms. The van der Waals surface area contributed by atoms with Gasteiger partial charge in [-0.2, -0.15) is 4.98 Å². The van der Waals surface area contributed by atoms with Crippen LogP contribution in [0.1, 0.15) is 18.9 Å². The third-order valence-corrected chi connectivity index (χ3v) is 4.18. The lowest BCUT2D eigenvalue weighted by Gasteiger charge is -2.23. The van der Waals surface area contributed by atoms with Crippen molar-refractivity contribution in [3.05, 3.63) is 27.5 Å². The highest BCUT2D eigenvalue weighted by Crippen LogP contribution is 2.31. The van der Waals surface area contributed by atoms with Crippen LogP contribution in [0, 0.1) is 6.92 Å². The Kier molecular flexibility index (Phi) is 5.00. The molecule has 0 atom stereocenters. The molecule has 7 heteroatoms. The van der Waals surface area contributed by atoms with E-state index in [-0.39, 0.29) is 11.8 Å². The summed E-state index contributed by atoms with van der Waals surface area (Å²) >= 11 is 9.53. The number of carbonyl (C=O) groups is 1. The summed E-state index contributed by atoms with van der Waals surface area (Å²) < 4.78 is 0.952. The minimum atomic E-state index is -0.403. The second-order valence-electron chi connectivity index (χ2n) is 4.77. The predicted molar refractivity (Wildman–Crippen MR) is 88.7 cm³/mol. The molecule has 0 radical (unpaired) electrons. The first-order valence-electron chi connectivity index (χ1n) is 6.59. The highest BCUT2D eigenvalue weighted by Gasteiger charge is 2.17. The van der Waals surface area contributed by atoms with Crippen molar-refractivity contribution in [2.24, 2.45) is 5.73 Å². The van der Waals surface area contributed by atoms with E-state index in [1.165, 1.54) is 0 Å². The average molecular weight is 372 g/mol. The van der Waals surface area contributed by atoms with Crippen LogP contribution in [-0.4, -0.2) is 29.0 Å². The summed E-state index contributed by atoms with van der Waals surface area (Å²) in [6, 6.07) is 3.86. The molecule has 112 valence electrons. The molecule has 1 heterocycles. The van der Waals surface area contributed by atoms with Crippen molar-refractivity contribution in [2.45, 2.75) is 20.3 Å². The largest absolute Gasteiger partial charge is 0.368 e. The van der Waals surface area contributed by atoms with E-state index in [2.05, 4.69) is 25.9 Å². The quantitative estimate of drug-likeness (QED) is 0.820. The number of rotatable bonds is 5. The van der Waals surface area contributed by atoms with E-state index < -0.39 is 5.91 Å². The molecule has 5 nitrogen and oxygen atoms in total. The Morgan fingerprint density at radius 1 is 1.43 bits per heavy atom. The van der Waals surface area contributed by atoms with Crippen LogP contribution in [-0.2, 0) is 4.79 Å². The summed E-state index contributed by atoms with van der Waals surface area (Å²) in [4.78, 5) is 21.7. The van der Waals surface area contributed by atoms with Gasteiger partial charge in [0.2, 0.25) is 11.2 Å². The van der Waals surface area contributed by atoms with Crippen molar-refractivity contribution in [1.29, 1.82) is 0 Å². The number of carbonyl (C=O) groups excluding carboxylic acids is 1. The Morgan fingerprint density at radius 3 is 2.76 bits per heavy atom. The van der Waals surface area contributed by atoms with Gasteiger partial charge in [0, 0.05) is 16.4 Å². The van der Waals surface area contributed by atoms with E-state index in [1.807, 2.05) is 30.9 Å². The standard InChI is InChI=1S/C14H16BrClN4O/c1-3-6-20(7-11(17)21)13-9-4-5-10(15)8(2)12(9)18-14(16)19-13/h4-5H,3,6-7H2,1-2H3,(H2,17,21). The zero-order valence-corrected chi connectivity index (χ0v) is 14.2. The molecule has 2 N–H and O–H groups in total. The van der Waals surface area contributed by atoms with Crippen LogP contribution in [0.3, 0.4) is 0 Å². The smallest absolute Gasteiger partial charge is 0.236 e. The average Bonchev–Trinajstić information content (AvgIpc) is 2.42. The van der Waals surface area contributed by atoms with Crippen LogP contribution < -0.4 is 10.6 Å². The van der Waals surface area contributed by atoms with E-state index in [9.17, 15) is 4.79 Å². The fourth-order valence-corrected chi connectivity index (χ4v) is 2.71. The van der Waals surface area contributed by atoms with Gasteiger partial charge >= 0.3 is 0 Å². The van der Waals surface area contributed by atoms with E-state index in [0.29, 0.717) is 12.4 Å². The Bertz CT molecular complexity index is 692. The fourth-order valence-electron chi connectivity index (χ4n) is 2.22. The molecule has 1 aromatic carbocycles. The van der Waals surface area contributed by atoms with Gasteiger partial charge in [0.25, 0.3) is 0 Å². The first-order chi connectivity index (χ1) is 9.93. The number of anilines is 1. The number of aromatic nitrogens is 2. The number of fused-ring (bicyclic) bond motifs is 1. The molecule has 0 aliphatic rings. The fraction of sp³-hybridized carbons (Fsp3) is 0.357. The summed E-state index contributed by atoms with van der Waals surface area (Å²) in [7, 11) is 0. The maximum atomic E-state index is 11.3. The summed E-state index contributed by atoms with van der Waals surface area (Å²) in [6.45, 7) is 4.75. The molecule has 0 saturated heterocycles. The van der Waals surface area contributed by atoms with Crippen molar-refractivity contribution < 1.29 is 4.79 Å². The maximum absolute atomic E-state index is 11.3. The Labute approximate surface area is 136 Å². The monoisotopic (exact) mass is 370 g/mol. The van der Waals surface area contributed by atoms with Crippen molar-refractivity contribution in [1.82, 2.24) is 9.97 Å². The maximum Gasteiger partial charge on any atom is 0.236 e. The molecule has 1 amide bonds.